The van der Waals surface area contributed by atoms with Crippen molar-refractivity contribution in [3.05, 3.63) is 22.7 Å². The molecule has 3 aliphatic rings. The van der Waals surface area contributed by atoms with Crippen LogP contribution in [-0.4, -0.2) is 34.2 Å². The van der Waals surface area contributed by atoms with Crippen molar-refractivity contribution in [2.75, 3.05) is 11.9 Å². The number of carbonyl (C=O) groups is 3. The third-order valence-corrected chi connectivity index (χ3v) is 6.07. The predicted molar refractivity (Wildman–Crippen MR) is 89.5 cm³/mol. The van der Waals surface area contributed by atoms with E-state index in [-0.39, 0.29) is 36.1 Å². The number of anilines is 1. The van der Waals surface area contributed by atoms with Gasteiger partial charge in [0, 0.05) is 4.88 Å². The molecule has 7 heteroatoms. The number of hydrogen-bond acceptors (Lipinski definition) is 5. The molecule has 2 atom stereocenters. The molecule has 126 valence electrons. The Kier molecular flexibility index (Phi) is 3.96. The molecule has 0 aromatic carbocycles. The Bertz CT molecular complexity index is 690. The summed E-state index contributed by atoms with van der Waals surface area (Å²) >= 11 is 1.50. The van der Waals surface area contributed by atoms with Crippen molar-refractivity contribution in [1.82, 2.24) is 9.88 Å². The van der Waals surface area contributed by atoms with Crippen LogP contribution in [-0.2, 0) is 27.2 Å². The molecule has 0 bridgehead atoms. The second-order valence-electron chi connectivity index (χ2n) is 6.56. The van der Waals surface area contributed by atoms with Crippen molar-refractivity contribution in [1.29, 1.82) is 0 Å². The Morgan fingerprint density at radius 3 is 2.50 bits per heavy atom. The topological polar surface area (TPSA) is 79.4 Å². The van der Waals surface area contributed by atoms with Gasteiger partial charge in [0.2, 0.25) is 17.7 Å². The number of amides is 3. The summed E-state index contributed by atoms with van der Waals surface area (Å²) in [6.07, 6.45) is 9.34. The lowest BCUT2D eigenvalue weighted by Gasteiger charge is -2.14. The zero-order valence-corrected chi connectivity index (χ0v) is 14.1. The number of allylic oxidation sites excluding steroid dienone is 2. The number of hydrogen-bond donors (Lipinski definition) is 1. The van der Waals surface area contributed by atoms with Crippen molar-refractivity contribution >= 4 is 34.2 Å². The number of aromatic nitrogens is 1. The smallest absolute Gasteiger partial charge is 0.246 e. The van der Waals surface area contributed by atoms with Gasteiger partial charge in [0.05, 0.1) is 17.5 Å². The fraction of sp³-hybridized carbons (Fsp3) is 0.529. The normalized spacial score (nSPS) is 25.6. The molecule has 2 heterocycles. The number of aryl methyl sites for hydroxylation is 2. The molecule has 1 saturated heterocycles. The van der Waals surface area contributed by atoms with Gasteiger partial charge in [0.15, 0.2) is 5.13 Å². The Morgan fingerprint density at radius 1 is 1.17 bits per heavy atom. The lowest BCUT2D eigenvalue weighted by molar-refractivity contribution is -0.142. The van der Waals surface area contributed by atoms with Crippen LogP contribution in [0.15, 0.2) is 12.2 Å². The first kappa shape index (κ1) is 15.5. The zero-order valence-electron chi connectivity index (χ0n) is 13.3. The Hall–Kier alpha value is -2.02. The van der Waals surface area contributed by atoms with Crippen molar-refractivity contribution in [2.45, 2.75) is 38.5 Å². The molecule has 1 aliphatic heterocycles. The van der Waals surface area contributed by atoms with Gasteiger partial charge in [0.1, 0.15) is 6.54 Å². The maximum Gasteiger partial charge on any atom is 0.246 e. The van der Waals surface area contributed by atoms with Gasteiger partial charge in [0.25, 0.3) is 0 Å². The van der Waals surface area contributed by atoms with Crippen LogP contribution < -0.4 is 5.32 Å². The summed E-state index contributed by atoms with van der Waals surface area (Å²) in [6, 6.07) is 0. The summed E-state index contributed by atoms with van der Waals surface area (Å²) in [6.45, 7) is -0.213. The van der Waals surface area contributed by atoms with Gasteiger partial charge < -0.3 is 5.32 Å². The molecule has 24 heavy (non-hydrogen) atoms. The third kappa shape index (κ3) is 2.66. The Morgan fingerprint density at radius 2 is 1.83 bits per heavy atom. The molecule has 6 nitrogen and oxygen atoms in total. The molecule has 2 aliphatic carbocycles. The minimum Gasteiger partial charge on any atom is -0.300 e. The van der Waals surface area contributed by atoms with Crippen LogP contribution >= 0.6 is 11.3 Å². The maximum absolute atomic E-state index is 12.4. The number of rotatable bonds is 3. The molecule has 0 spiro atoms. The van der Waals surface area contributed by atoms with E-state index in [1.165, 1.54) is 16.2 Å². The molecule has 1 aromatic rings. The van der Waals surface area contributed by atoms with Crippen LogP contribution in [0.25, 0.3) is 0 Å². The van der Waals surface area contributed by atoms with Crippen molar-refractivity contribution < 1.29 is 14.4 Å². The molecule has 3 amide bonds. The first-order valence-electron chi connectivity index (χ1n) is 8.42. The minimum absolute atomic E-state index is 0.213. The number of fused-ring (bicyclic) bond motifs is 2. The highest BCUT2D eigenvalue weighted by Gasteiger charge is 2.47. The summed E-state index contributed by atoms with van der Waals surface area (Å²) in [4.78, 5) is 43.8. The summed E-state index contributed by atoms with van der Waals surface area (Å²) < 4.78 is 0. The van der Waals surface area contributed by atoms with E-state index in [4.69, 9.17) is 0 Å². The summed E-state index contributed by atoms with van der Waals surface area (Å²) in [7, 11) is 0. The number of likely N-dealkylation sites (tertiary alicyclic amines) is 1. The quantitative estimate of drug-likeness (QED) is 0.670. The van der Waals surface area contributed by atoms with Crippen molar-refractivity contribution in [3.8, 4) is 0 Å². The first-order chi connectivity index (χ1) is 11.6. The summed E-state index contributed by atoms with van der Waals surface area (Å²) in [5, 5.41) is 3.33. The number of carbonyl (C=O) groups excluding carboxylic acids is 3. The minimum atomic E-state index is -0.352. The lowest BCUT2D eigenvalue weighted by atomic mass is 9.85. The molecule has 1 N–H and O–H groups in total. The van der Waals surface area contributed by atoms with E-state index >= 15 is 0 Å². The average molecular weight is 345 g/mol. The second kappa shape index (κ2) is 6.12. The Balaban J connectivity index is 1.42. The van der Waals surface area contributed by atoms with E-state index in [2.05, 4.69) is 10.3 Å². The SMILES string of the molecule is O=C(CN1C(=O)[C@H]2CC=CC[C@@H]2C1=O)Nc1nc2c(s1)CCCC2. The van der Waals surface area contributed by atoms with Gasteiger partial charge in [-0.25, -0.2) is 4.98 Å². The van der Waals surface area contributed by atoms with Crippen LogP contribution in [0.2, 0.25) is 0 Å². The van der Waals surface area contributed by atoms with Gasteiger partial charge in [-0.15, -0.1) is 11.3 Å². The Labute approximate surface area is 143 Å². The van der Waals surface area contributed by atoms with Crippen LogP contribution in [0.5, 0.6) is 0 Å². The lowest BCUT2D eigenvalue weighted by Crippen LogP contribution is -2.38. The average Bonchev–Trinajstić information content (AvgIpc) is 3.09. The monoisotopic (exact) mass is 345 g/mol. The number of nitrogens with one attached hydrogen (secondary N) is 1. The van der Waals surface area contributed by atoms with E-state index < -0.39 is 0 Å². The summed E-state index contributed by atoms with van der Waals surface area (Å²) in [5.74, 6) is -1.37. The van der Waals surface area contributed by atoms with Gasteiger partial charge in [-0.1, -0.05) is 12.2 Å². The van der Waals surface area contributed by atoms with Crippen molar-refractivity contribution in [2.24, 2.45) is 11.8 Å². The molecule has 0 radical (unpaired) electrons. The molecule has 0 saturated carbocycles. The highest BCUT2D eigenvalue weighted by molar-refractivity contribution is 7.15. The molecule has 4 rings (SSSR count). The highest BCUT2D eigenvalue weighted by atomic mass is 32.1. The number of thiazole rings is 1. The fourth-order valence-electron chi connectivity index (χ4n) is 3.73. The van der Waals surface area contributed by atoms with E-state index in [1.54, 1.807) is 0 Å². The van der Waals surface area contributed by atoms with E-state index in [1.807, 2.05) is 12.2 Å². The van der Waals surface area contributed by atoms with Gasteiger partial charge >= 0.3 is 0 Å². The van der Waals surface area contributed by atoms with Gasteiger partial charge in [-0.05, 0) is 38.5 Å². The first-order valence-corrected chi connectivity index (χ1v) is 9.24. The molecule has 1 fully saturated rings. The third-order valence-electron chi connectivity index (χ3n) is 4.99. The van der Waals surface area contributed by atoms with Crippen LogP contribution in [0.4, 0.5) is 5.13 Å². The van der Waals surface area contributed by atoms with Crippen molar-refractivity contribution in [3.63, 3.8) is 0 Å². The number of imide groups is 1. The van der Waals surface area contributed by atoms with Crippen LogP contribution in [0, 0.1) is 11.8 Å². The standard InChI is InChI=1S/C17H19N3O3S/c21-14(19-17-18-12-7-3-4-8-13(12)24-17)9-20-15(22)10-5-1-2-6-11(10)16(20)23/h1-2,10-11H,3-9H2,(H,18,19,21)/t10-,11-/m0/s1. The molecular weight excluding hydrogens is 326 g/mol. The number of nitrogens with zero attached hydrogens (tertiary/aromatic N) is 2. The second-order valence-corrected chi connectivity index (χ2v) is 7.65. The van der Waals surface area contributed by atoms with Crippen LogP contribution in [0.3, 0.4) is 0 Å². The van der Waals surface area contributed by atoms with Gasteiger partial charge in [-0.2, -0.15) is 0 Å². The van der Waals surface area contributed by atoms with Gasteiger partial charge in [-0.3, -0.25) is 19.3 Å². The predicted octanol–water partition coefficient (Wildman–Crippen LogP) is 1.91. The zero-order chi connectivity index (χ0) is 16.7. The maximum atomic E-state index is 12.4. The molecule has 0 unspecified atom stereocenters. The molecular formula is C17H19N3O3S. The van der Waals surface area contributed by atoms with E-state index in [9.17, 15) is 14.4 Å². The largest absolute Gasteiger partial charge is 0.300 e. The van der Waals surface area contributed by atoms with E-state index in [0.29, 0.717) is 18.0 Å². The highest BCUT2D eigenvalue weighted by Crippen LogP contribution is 2.35. The summed E-state index contributed by atoms with van der Waals surface area (Å²) in [5.41, 5.74) is 1.08. The molecule has 1 aromatic heterocycles. The van der Waals surface area contributed by atoms with E-state index in [0.717, 1.165) is 36.3 Å². The fourth-order valence-corrected chi connectivity index (χ4v) is 4.80. The van der Waals surface area contributed by atoms with Crippen LogP contribution in [0.1, 0.15) is 36.3 Å².